The molecule has 0 fully saturated rings. The van der Waals surface area contributed by atoms with E-state index in [9.17, 15) is 4.79 Å². The van der Waals surface area contributed by atoms with Crippen molar-refractivity contribution < 1.29 is 4.79 Å². The van der Waals surface area contributed by atoms with Crippen molar-refractivity contribution in [3.05, 3.63) is 17.7 Å². The number of aryl methyl sites for hydroxylation is 1. The van der Waals surface area contributed by atoms with Crippen molar-refractivity contribution in [1.29, 1.82) is 5.41 Å². The second-order valence-electron chi connectivity index (χ2n) is 3.65. The summed E-state index contributed by atoms with van der Waals surface area (Å²) in [5.74, 6) is 0. The van der Waals surface area contributed by atoms with Crippen molar-refractivity contribution in [2.45, 2.75) is 13.8 Å². The summed E-state index contributed by atoms with van der Waals surface area (Å²) in [5, 5.41) is 9.40. The molecule has 96 valence electrons. The Morgan fingerprint density at radius 2 is 2.28 bits per heavy atom. The number of nitrogens with zero attached hydrogens (tertiary/aromatic N) is 4. The van der Waals surface area contributed by atoms with E-state index >= 15 is 0 Å². The number of hydrogen-bond donors (Lipinski definition) is 2. The molecule has 7 nitrogen and oxygen atoms in total. The molecule has 7 heteroatoms. The molecule has 0 unspecified atom stereocenters. The molecular formula is C11H16N6O. The summed E-state index contributed by atoms with van der Waals surface area (Å²) in [7, 11) is 3.35. The summed E-state index contributed by atoms with van der Waals surface area (Å²) in [5.41, 5.74) is 2.30. The third-order valence-electron chi connectivity index (χ3n) is 2.48. The normalized spacial score (nSPS) is 12.4. The summed E-state index contributed by atoms with van der Waals surface area (Å²) in [6.45, 7) is 3.56. The average Bonchev–Trinajstić information content (AvgIpc) is 2.67. The molecule has 0 aliphatic heterocycles. The predicted molar refractivity (Wildman–Crippen MR) is 70.8 cm³/mol. The first-order valence-corrected chi connectivity index (χ1v) is 5.33. The van der Waals surface area contributed by atoms with Gasteiger partial charge in [0.2, 0.25) is 0 Å². The number of hydrogen-bond acceptors (Lipinski definition) is 3. The summed E-state index contributed by atoms with van der Waals surface area (Å²) in [6.07, 6.45) is 2.55. The van der Waals surface area contributed by atoms with Gasteiger partial charge >= 0.3 is 6.03 Å². The largest absolute Gasteiger partial charge is 0.341 e. The number of nitrogens with one attached hydrogen (secondary N) is 2. The second kappa shape index (κ2) is 5.85. The van der Waals surface area contributed by atoms with Crippen molar-refractivity contribution in [3.63, 3.8) is 0 Å². The minimum atomic E-state index is -0.477. The van der Waals surface area contributed by atoms with Crippen LogP contribution >= 0.6 is 0 Å². The minimum Gasteiger partial charge on any atom is -0.339 e. The van der Waals surface area contributed by atoms with E-state index in [0.717, 1.165) is 12.0 Å². The van der Waals surface area contributed by atoms with Crippen LogP contribution < -0.4 is 5.32 Å². The smallest absolute Gasteiger partial charge is 0.339 e. The molecule has 0 atom stereocenters. The Hall–Kier alpha value is -2.31. The Bertz CT molecular complexity index is 526. The molecule has 0 aromatic carbocycles. The van der Waals surface area contributed by atoms with E-state index in [-0.39, 0.29) is 0 Å². The highest BCUT2D eigenvalue weighted by molar-refractivity contribution is 6.49. The number of imidazole rings is 1. The van der Waals surface area contributed by atoms with Crippen LogP contribution in [0.5, 0.6) is 0 Å². The SMILES string of the molecule is CNC(=O)/N=C(\C(C)=N/C=N)c1ncn(C)c1C. The number of carbonyl (C=O) groups excluding carboxylic acids is 1. The summed E-state index contributed by atoms with van der Waals surface area (Å²) in [6, 6.07) is -0.477. The van der Waals surface area contributed by atoms with Gasteiger partial charge in [-0.25, -0.2) is 14.8 Å². The first kappa shape index (κ1) is 13.8. The standard InChI is InChI=1S/C11H16N6O/c1-7(14-5-12)9(16-11(18)13-3)10-8(2)17(4)6-15-10/h5-6,12H,1-4H3,(H,13,18)/b12-5?,14-7-,16-9+. The van der Waals surface area contributed by atoms with E-state index in [4.69, 9.17) is 5.41 Å². The zero-order valence-electron chi connectivity index (χ0n) is 10.9. The van der Waals surface area contributed by atoms with Gasteiger partial charge in [0, 0.05) is 19.8 Å². The molecule has 1 aromatic rings. The van der Waals surface area contributed by atoms with Crippen molar-refractivity contribution in [2.75, 3.05) is 7.05 Å². The van der Waals surface area contributed by atoms with Crippen LogP contribution in [-0.4, -0.2) is 40.4 Å². The maximum Gasteiger partial charge on any atom is 0.341 e. The Labute approximate surface area is 105 Å². The van der Waals surface area contributed by atoms with E-state index in [2.05, 4.69) is 20.3 Å². The summed E-state index contributed by atoms with van der Waals surface area (Å²) >= 11 is 0. The van der Waals surface area contributed by atoms with Gasteiger partial charge in [0.25, 0.3) is 0 Å². The topological polar surface area (TPSA) is 95.5 Å². The molecule has 0 saturated heterocycles. The van der Waals surface area contributed by atoms with Gasteiger partial charge in [-0.1, -0.05) is 0 Å². The van der Waals surface area contributed by atoms with E-state index in [1.54, 1.807) is 13.3 Å². The number of rotatable bonds is 3. The van der Waals surface area contributed by atoms with Gasteiger partial charge in [0.05, 0.1) is 12.0 Å². The minimum absolute atomic E-state index is 0.371. The fraction of sp³-hybridized carbons (Fsp3) is 0.364. The number of urea groups is 1. The number of amides is 2. The molecule has 1 heterocycles. The highest BCUT2D eigenvalue weighted by Crippen LogP contribution is 2.08. The quantitative estimate of drug-likeness (QED) is 0.614. The maximum absolute atomic E-state index is 11.4. The Morgan fingerprint density at radius 1 is 1.61 bits per heavy atom. The van der Waals surface area contributed by atoms with Crippen LogP contribution in [0.25, 0.3) is 0 Å². The Morgan fingerprint density at radius 3 is 2.72 bits per heavy atom. The molecule has 0 spiro atoms. The maximum atomic E-state index is 11.4. The zero-order chi connectivity index (χ0) is 13.7. The molecule has 18 heavy (non-hydrogen) atoms. The van der Waals surface area contributed by atoms with Gasteiger partial charge in [0.1, 0.15) is 17.7 Å². The first-order chi connectivity index (χ1) is 8.51. The summed E-state index contributed by atoms with van der Waals surface area (Å²) < 4.78 is 1.83. The van der Waals surface area contributed by atoms with Crippen LogP contribution in [0.3, 0.4) is 0 Å². The zero-order valence-corrected chi connectivity index (χ0v) is 10.9. The number of aliphatic imine (C=N–C) groups is 2. The molecule has 0 aliphatic carbocycles. The summed E-state index contributed by atoms with van der Waals surface area (Å²) in [4.78, 5) is 23.3. The third-order valence-corrected chi connectivity index (χ3v) is 2.48. The fourth-order valence-corrected chi connectivity index (χ4v) is 1.34. The van der Waals surface area contributed by atoms with Crippen LogP contribution in [0.15, 0.2) is 16.3 Å². The highest BCUT2D eigenvalue weighted by atomic mass is 16.2. The van der Waals surface area contributed by atoms with Crippen LogP contribution in [0, 0.1) is 12.3 Å². The average molecular weight is 248 g/mol. The third kappa shape index (κ3) is 2.88. The monoisotopic (exact) mass is 248 g/mol. The van der Waals surface area contributed by atoms with Gasteiger partial charge < -0.3 is 9.88 Å². The molecule has 0 bridgehead atoms. The van der Waals surface area contributed by atoms with Gasteiger partial charge in [-0.15, -0.1) is 0 Å². The van der Waals surface area contributed by atoms with Crippen molar-refractivity contribution in [3.8, 4) is 0 Å². The fourth-order valence-electron chi connectivity index (χ4n) is 1.34. The lowest BCUT2D eigenvalue weighted by Gasteiger charge is -2.04. The van der Waals surface area contributed by atoms with E-state index < -0.39 is 6.03 Å². The molecule has 2 amide bonds. The molecular weight excluding hydrogens is 232 g/mol. The number of aromatic nitrogens is 2. The van der Waals surface area contributed by atoms with Crippen LogP contribution in [0.1, 0.15) is 18.3 Å². The van der Waals surface area contributed by atoms with Gasteiger partial charge in [-0.3, -0.25) is 5.41 Å². The van der Waals surface area contributed by atoms with E-state index in [1.807, 2.05) is 18.5 Å². The molecule has 1 rings (SSSR count). The molecule has 0 radical (unpaired) electrons. The molecule has 2 N–H and O–H groups in total. The van der Waals surface area contributed by atoms with Crippen molar-refractivity contribution >= 4 is 23.8 Å². The highest BCUT2D eigenvalue weighted by Gasteiger charge is 2.15. The van der Waals surface area contributed by atoms with Gasteiger partial charge in [-0.05, 0) is 13.8 Å². The lowest BCUT2D eigenvalue weighted by molar-refractivity contribution is 0.251. The molecule has 0 saturated carbocycles. The van der Waals surface area contributed by atoms with E-state index in [0.29, 0.717) is 17.1 Å². The first-order valence-electron chi connectivity index (χ1n) is 5.33. The Kier molecular flexibility index (Phi) is 4.47. The van der Waals surface area contributed by atoms with Gasteiger partial charge in [-0.2, -0.15) is 4.99 Å². The number of carbonyl (C=O) groups is 1. The van der Waals surface area contributed by atoms with Crippen LogP contribution in [0.4, 0.5) is 4.79 Å². The molecule has 0 aliphatic rings. The van der Waals surface area contributed by atoms with Crippen LogP contribution in [0.2, 0.25) is 0 Å². The lowest BCUT2D eigenvalue weighted by atomic mass is 10.1. The lowest BCUT2D eigenvalue weighted by Crippen LogP contribution is -2.21. The predicted octanol–water partition coefficient (Wildman–Crippen LogP) is 0.925. The van der Waals surface area contributed by atoms with Crippen molar-refractivity contribution in [2.24, 2.45) is 17.0 Å². The van der Waals surface area contributed by atoms with Crippen LogP contribution in [-0.2, 0) is 7.05 Å². The van der Waals surface area contributed by atoms with Crippen molar-refractivity contribution in [1.82, 2.24) is 14.9 Å². The molecule has 1 aromatic heterocycles. The Balaban J connectivity index is 3.34. The van der Waals surface area contributed by atoms with E-state index in [1.165, 1.54) is 7.05 Å². The van der Waals surface area contributed by atoms with Gasteiger partial charge in [0.15, 0.2) is 0 Å². The second-order valence-corrected chi connectivity index (χ2v) is 3.65.